The summed E-state index contributed by atoms with van der Waals surface area (Å²) in [6.07, 6.45) is 3.54. The van der Waals surface area contributed by atoms with E-state index < -0.39 is 0 Å². The van der Waals surface area contributed by atoms with Crippen molar-refractivity contribution < 1.29 is 4.74 Å². The van der Waals surface area contributed by atoms with E-state index in [2.05, 4.69) is 17.0 Å². The quantitative estimate of drug-likeness (QED) is 0.799. The molecular formula is C10H13N3OS. The predicted octanol–water partition coefficient (Wildman–Crippen LogP) is 2.07. The van der Waals surface area contributed by atoms with Crippen molar-refractivity contribution in [2.75, 3.05) is 0 Å². The van der Waals surface area contributed by atoms with Gasteiger partial charge in [0.25, 0.3) is 0 Å². The van der Waals surface area contributed by atoms with Crippen LogP contribution >= 0.6 is 11.3 Å². The molecule has 2 rings (SSSR count). The lowest BCUT2D eigenvalue weighted by atomic mass is 10.4. The smallest absolute Gasteiger partial charge is 0.157 e. The van der Waals surface area contributed by atoms with Crippen molar-refractivity contribution in [2.24, 2.45) is 7.05 Å². The first-order valence-electron chi connectivity index (χ1n) is 4.69. The summed E-state index contributed by atoms with van der Waals surface area (Å²) >= 11 is 1.68. The molecule has 0 aliphatic heterocycles. The van der Waals surface area contributed by atoms with Crippen LogP contribution in [0, 0.1) is 13.8 Å². The second-order valence-electron chi connectivity index (χ2n) is 3.39. The van der Waals surface area contributed by atoms with Crippen LogP contribution in [0.3, 0.4) is 0 Å². The summed E-state index contributed by atoms with van der Waals surface area (Å²) in [4.78, 5) is 5.65. The first-order chi connectivity index (χ1) is 7.15. The van der Waals surface area contributed by atoms with Crippen LogP contribution in [-0.2, 0) is 13.7 Å². The molecule has 0 atom stereocenters. The molecule has 0 spiro atoms. The van der Waals surface area contributed by atoms with Gasteiger partial charge < -0.3 is 4.74 Å². The molecular weight excluding hydrogens is 210 g/mol. The lowest BCUT2D eigenvalue weighted by molar-refractivity contribution is 0.305. The van der Waals surface area contributed by atoms with Crippen LogP contribution in [0.5, 0.6) is 5.75 Å². The average Bonchev–Trinajstić information content (AvgIpc) is 2.72. The van der Waals surface area contributed by atoms with Crippen molar-refractivity contribution in [3.63, 3.8) is 0 Å². The Morgan fingerprint density at radius 3 is 2.80 bits per heavy atom. The number of ether oxygens (including phenoxy) is 1. The largest absolute Gasteiger partial charge is 0.483 e. The summed E-state index contributed by atoms with van der Waals surface area (Å²) < 4.78 is 7.26. The van der Waals surface area contributed by atoms with E-state index in [1.807, 2.05) is 20.2 Å². The Bertz CT molecular complexity index is 441. The second kappa shape index (κ2) is 4.02. The summed E-state index contributed by atoms with van der Waals surface area (Å²) in [6.45, 7) is 4.60. The van der Waals surface area contributed by atoms with Gasteiger partial charge in [0.15, 0.2) is 5.75 Å². The molecule has 0 aromatic carbocycles. The summed E-state index contributed by atoms with van der Waals surface area (Å²) in [7, 11) is 1.87. The topological polar surface area (TPSA) is 39.9 Å². The van der Waals surface area contributed by atoms with Crippen molar-refractivity contribution in [2.45, 2.75) is 20.5 Å². The fourth-order valence-electron chi connectivity index (χ4n) is 1.22. The molecule has 0 saturated carbocycles. The third kappa shape index (κ3) is 2.36. The minimum absolute atomic E-state index is 0.519. The van der Waals surface area contributed by atoms with Gasteiger partial charge in [0.1, 0.15) is 11.6 Å². The third-order valence-electron chi connectivity index (χ3n) is 2.12. The van der Waals surface area contributed by atoms with Crippen LogP contribution in [0.15, 0.2) is 12.4 Å². The second-order valence-corrected chi connectivity index (χ2v) is 4.68. The third-order valence-corrected chi connectivity index (χ3v) is 3.16. The molecule has 0 unspecified atom stereocenters. The number of hydrogen-bond acceptors (Lipinski definition) is 4. The Morgan fingerprint density at radius 2 is 2.27 bits per heavy atom. The molecule has 0 fully saturated rings. The van der Waals surface area contributed by atoms with E-state index in [1.165, 1.54) is 4.88 Å². The van der Waals surface area contributed by atoms with E-state index in [1.54, 1.807) is 22.2 Å². The molecule has 2 aromatic rings. The maximum absolute atomic E-state index is 5.55. The summed E-state index contributed by atoms with van der Waals surface area (Å²) in [5.41, 5.74) is 1.09. The molecule has 2 aromatic heterocycles. The molecule has 0 radical (unpaired) electrons. The molecule has 4 nitrogen and oxygen atoms in total. The highest BCUT2D eigenvalue weighted by Gasteiger charge is 2.04. The number of hydrogen-bond donors (Lipinski definition) is 0. The van der Waals surface area contributed by atoms with Gasteiger partial charge in [-0.05, 0) is 13.8 Å². The van der Waals surface area contributed by atoms with E-state index in [-0.39, 0.29) is 0 Å². The summed E-state index contributed by atoms with van der Waals surface area (Å²) in [6, 6.07) is 0. The van der Waals surface area contributed by atoms with Crippen LogP contribution in [0.2, 0.25) is 0 Å². The molecule has 2 heterocycles. The highest BCUT2D eigenvalue weighted by Crippen LogP contribution is 2.18. The van der Waals surface area contributed by atoms with Gasteiger partial charge in [-0.25, -0.2) is 4.98 Å². The molecule has 0 bridgehead atoms. The van der Waals surface area contributed by atoms with Crippen molar-refractivity contribution in [1.29, 1.82) is 0 Å². The lowest BCUT2D eigenvalue weighted by Gasteiger charge is -1.98. The van der Waals surface area contributed by atoms with Crippen LogP contribution < -0.4 is 4.74 Å². The zero-order chi connectivity index (χ0) is 10.8. The number of rotatable bonds is 3. The predicted molar refractivity (Wildman–Crippen MR) is 59.1 cm³/mol. The standard InChI is InChI=1S/C10H13N3OS/c1-7-8(2)15-10(12-7)6-14-9-4-11-13(3)5-9/h4-5H,6H2,1-3H3. The first-order valence-corrected chi connectivity index (χ1v) is 5.51. The summed E-state index contributed by atoms with van der Waals surface area (Å²) in [5.74, 6) is 0.781. The van der Waals surface area contributed by atoms with Gasteiger partial charge in [-0.1, -0.05) is 0 Å². The molecule has 0 N–H and O–H groups in total. The van der Waals surface area contributed by atoms with Gasteiger partial charge in [0.2, 0.25) is 0 Å². The maximum atomic E-state index is 5.55. The monoisotopic (exact) mass is 223 g/mol. The fourth-order valence-corrected chi connectivity index (χ4v) is 2.07. The Balaban J connectivity index is 1.99. The number of aromatic nitrogens is 3. The molecule has 0 saturated heterocycles. The highest BCUT2D eigenvalue weighted by atomic mass is 32.1. The van der Waals surface area contributed by atoms with Crippen LogP contribution in [-0.4, -0.2) is 14.8 Å². The van der Waals surface area contributed by atoms with Gasteiger partial charge in [-0.15, -0.1) is 11.3 Å². The van der Waals surface area contributed by atoms with Crippen LogP contribution in [0.1, 0.15) is 15.6 Å². The average molecular weight is 223 g/mol. The molecule has 5 heteroatoms. The Morgan fingerprint density at radius 1 is 1.47 bits per heavy atom. The van der Waals surface area contributed by atoms with Gasteiger partial charge >= 0.3 is 0 Å². The van der Waals surface area contributed by atoms with Crippen LogP contribution in [0.25, 0.3) is 0 Å². The van der Waals surface area contributed by atoms with E-state index in [0.717, 1.165) is 16.5 Å². The van der Waals surface area contributed by atoms with E-state index in [4.69, 9.17) is 4.74 Å². The SMILES string of the molecule is Cc1nc(COc2cnn(C)c2)sc1C. The van der Waals surface area contributed by atoms with Gasteiger partial charge in [0, 0.05) is 11.9 Å². The minimum Gasteiger partial charge on any atom is -0.483 e. The maximum Gasteiger partial charge on any atom is 0.157 e. The van der Waals surface area contributed by atoms with Crippen LogP contribution in [0.4, 0.5) is 0 Å². The first kappa shape index (κ1) is 10.2. The zero-order valence-electron chi connectivity index (χ0n) is 9.02. The van der Waals surface area contributed by atoms with Gasteiger partial charge in [0.05, 0.1) is 18.1 Å². The van der Waals surface area contributed by atoms with Crippen molar-refractivity contribution in [3.8, 4) is 5.75 Å². The number of thiazole rings is 1. The Hall–Kier alpha value is -1.36. The number of aryl methyl sites for hydroxylation is 3. The molecule has 0 aliphatic carbocycles. The van der Waals surface area contributed by atoms with E-state index >= 15 is 0 Å². The van der Waals surface area contributed by atoms with Gasteiger partial charge in [-0.2, -0.15) is 5.10 Å². The molecule has 0 aliphatic rings. The van der Waals surface area contributed by atoms with Crippen molar-refractivity contribution in [3.05, 3.63) is 28.0 Å². The fraction of sp³-hybridized carbons (Fsp3) is 0.400. The van der Waals surface area contributed by atoms with E-state index in [9.17, 15) is 0 Å². The lowest BCUT2D eigenvalue weighted by Crippen LogP contribution is -1.93. The highest BCUT2D eigenvalue weighted by molar-refractivity contribution is 7.11. The molecule has 15 heavy (non-hydrogen) atoms. The summed E-state index contributed by atoms with van der Waals surface area (Å²) in [5, 5.41) is 5.03. The van der Waals surface area contributed by atoms with Crippen molar-refractivity contribution in [1.82, 2.24) is 14.8 Å². The Kier molecular flexibility index (Phi) is 2.73. The van der Waals surface area contributed by atoms with Crippen molar-refractivity contribution >= 4 is 11.3 Å². The van der Waals surface area contributed by atoms with Gasteiger partial charge in [-0.3, -0.25) is 4.68 Å². The normalized spacial score (nSPS) is 10.6. The molecule has 0 amide bonds. The minimum atomic E-state index is 0.519. The number of nitrogens with zero attached hydrogens (tertiary/aromatic N) is 3. The zero-order valence-corrected chi connectivity index (χ0v) is 9.84. The van der Waals surface area contributed by atoms with E-state index in [0.29, 0.717) is 6.61 Å². The Labute approximate surface area is 92.5 Å². The molecule has 80 valence electrons.